The standard InChI is InChI=1S/C34H34INO4S/c35-30-32(39-23-27-17-9-3-10-18-27)31(38-22-26-15-7-2-8-16-26)29(24-37-21-25-13-5-1-6-14-25)40-33(30)36-34(41)28-19-11-4-12-20-28/h1-20,29-33H,21-24H2,(H,36,41)/t29-,30+,31-,32-,33+/m1/s1. The monoisotopic (exact) mass is 679 g/mol. The van der Waals surface area contributed by atoms with Crippen LogP contribution in [0, 0.1) is 0 Å². The predicted molar refractivity (Wildman–Crippen MR) is 174 cm³/mol. The van der Waals surface area contributed by atoms with E-state index in [1.807, 2.05) is 84.9 Å². The van der Waals surface area contributed by atoms with Crippen LogP contribution in [0.3, 0.4) is 0 Å². The lowest BCUT2D eigenvalue weighted by molar-refractivity contribution is -0.216. The van der Waals surface area contributed by atoms with Crippen LogP contribution in [0.15, 0.2) is 121 Å². The van der Waals surface area contributed by atoms with Crippen LogP contribution in [0.2, 0.25) is 0 Å². The summed E-state index contributed by atoms with van der Waals surface area (Å²) in [6.07, 6.45) is -1.43. The fourth-order valence-corrected chi connectivity index (χ4v) is 5.96. The minimum absolute atomic E-state index is 0.0934. The van der Waals surface area contributed by atoms with Gasteiger partial charge in [0, 0.05) is 5.56 Å². The van der Waals surface area contributed by atoms with Crippen LogP contribution in [0.1, 0.15) is 22.3 Å². The third-order valence-corrected chi connectivity index (χ3v) is 8.60. The number of rotatable bonds is 12. The first-order chi connectivity index (χ1) is 20.2. The summed E-state index contributed by atoms with van der Waals surface area (Å²) in [6.45, 7) is 1.73. The Morgan fingerprint density at radius 2 is 1.12 bits per heavy atom. The smallest absolute Gasteiger partial charge is 0.143 e. The maximum Gasteiger partial charge on any atom is 0.143 e. The van der Waals surface area contributed by atoms with Crippen molar-refractivity contribution < 1.29 is 18.9 Å². The van der Waals surface area contributed by atoms with Gasteiger partial charge < -0.3 is 24.3 Å². The van der Waals surface area contributed by atoms with Gasteiger partial charge in [0.15, 0.2) is 0 Å². The van der Waals surface area contributed by atoms with Gasteiger partial charge in [-0.2, -0.15) is 0 Å². The van der Waals surface area contributed by atoms with Crippen LogP contribution in [0.25, 0.3) is 0 Å². The van der Waals surface area contributed by atoms with Crippen LogP contribution >= 0.6 is 34.8 Å². The Bertz CT molecular complexity index is 1330. The van der Waals surface area contributed by atoms with Gasteiger partial charge in [0.2, 0.25) is 0 Å². The average Bonchev–Trinajstić information content (AvgIpc) is 3.03. The van der Waals surface area contributed by atoms with E-state index in [1.165, 1.54) is 0 Å². The summed E-state index contributed by atoms with van der Waals surface area (Å²) in [5, 5.41) is 3.46. The Morgan fingerprint density at radius 1 is 0.659 bits per heavy atom. The van der Waals surface area contributed by atoms with Gasteiger partial charge in [0.25, 0.3) is 0 Å². The topological polar surface area (TPSA) is 49.0 Å². The zero-order valence-electron chi connectivity index (χ0n) is 22.7. The minimum atomic E-state index is -0.397. The molecule has 0 unspecified atom stereocenters. The molecule has 0 aromatic heterocycles. The van der Waals surface area contributed by atoms with Crippen molar-refractivity contribution in [2.75, 3.05) is 6.61 Å². The third-order valence-electron chi connectivity index (χ3n) is 6.89. The number of hydrogen-bond donors (Lipinski definition) is 1. The van der Waals surface area contributed by atoms with E-state index in [9.17, 15) is 0 Å². The molecular formula is C34H34INO4S. The molecule has 5 rings (SSSR count). The van der Waals surface area contributed by atoms with Crippen molar-refractivity contribution in [3.8, 4) is 0 Å². The van der Waals surface area contributed by atoms with E-state index in [2.05, 4.69) is 64.3 Å². The fourth-order valence-electron chi connectivity index (χ4n) is 4.75. The zero-order chi connectivity index (χ0) is 28.3. The predicted octanol–water partition coefficient (Wildman–Crippen LogP) is 6.87. The molecule has 0 amide bonds. The molecule has 1 aliphatic heterocycles. The van der Waals surface area contributed by atoms with Gasteiger partial charge in [0.05, 0.1) is 30.4 Å². The summed E-state index contributed by atoms with van der Waals surface area (Å²) in [5.41, 5.74) is 4.24. The molecule has 4 aromatic rings. The Kier molecular flexibility index (Phi) is 11.3. The summed E-state index contributed by atoms with van der Waals surface area (Å²) in [5.74, 6) is 0. The summed E-state index contributed by atoms with van der Waals surface area (Å²) in [4.78, 5) is 0.631. The highest BCUT2D eigenvalue weighted by Gasteiger charge is 2.47. The third kappa shape index (κ3) is 8.67. The van der Waals surface area contributed by atoms with Gasteiger partial charge in [-0.1, -0.05) is 156 Å². The van der Waals surface area contributed by atoms with E-state index in [1.54, 1.807) is 0 Å². The number of hydrogen-bond acceptors (Lipinski definition) is 5. The number of thiocarbonyl (C=S) groups is 1. The molecule has 1 aliphatic rings. The van der Waals surface area contributed by atoms with E-state index in [0.717, 1.165) is 22.3 Å². The Labute approximate surface area is 261 Å². The van der Waals surface area contributed by atoms with E-state index in [4.69, 9.17) is 31.2 Å². The highest BCUT2D eigenvalue weighted by molar-refractivity contribution is 14.1. The normalized spacial score (nSPS) is 22.2. The number of nitrogens with one attached hydrogen (secondary N) is 1. The van der Waals surface area contributed by atoms with Crippen molar-refractivity contribution >= 4 is 39.8 Å². The zero-order valence-corrected chi connectivity index (χ0v) is 25.7. The molecule has 212 valence electrons. The van der Waals surface area contributed by atoms with Crippen molar-refractivity contribution in [1.29, 1.82) is 0 Å². The largest absolute Gasteiger partial charge is 0.374 e. The first-order valence-electron chi connectivity index (χ1n) is 13.8. The lowest BCUT2D eigenvalue weighted by Crippen LogP contribution is -2.62. The van der Waals surface area contributed by atoms with Crippen molar-refractivity contribution in [3.05, 3.63) is 144 Å². The molecule has 0 saturated carbocycles. The maximum absolute atomic E-state index is 6.68. The summed E-state index contributed by atoms with van der Waals surface area (Å²) in [7, 11) is 0. The number of alkyl halides is 1. The lowest BCUT2D eigenvalue weighted by atomic mass is 9.99. The van der Waals surface area contributed by atoms with E-state index in [-0.39, 0.29) is 22.2 Å². The molecule has 5 atom stereocenters. The molecule has 1 saturated heterocycles. The molecule has 41 heavy (non-hydrogen) atoms. The lowest BCUT2D eigenvalue weighted by Gasteiger charge is -2.45. The van der Waals surface area contributed by atoms with E-state index < -0.39 is 6.23 Å². The molecule has 0 radical (unpaired) electrons. The quantitative estimate of drug-likeness (QED) is 0.100. The molecular weight excluding hydrogens is 645 g/mol. The Balaban J connectivity index is 1.37. The molecule has 7 heteroatoms. The van der Waals surface area contributed by atoms with Crippen molar-refractivity contribution in [3.63, 3.8) is 0 Å². The van der Waals surface area contributed by atoms with Crippen LogP contribution in [-0.4, -0.2) is 40.1 Å². The number of benzene rings is 4. The van der Waals surface area contributed by atoms with Crippen LogP contribution in [0.5, 0.6) is 0 Å². The highest BCUT2D eigenvalue weighted by atomic mass is 127. The van der Waals surface area contributed by atoms with Crippen LogP contribution in [0.4, 0.5) is 0 Å². The molecule has 1 fully saturated rings. The second-order valence-corrected chi connectivity index (χ2v) is 11.7. The van der Waals surface area contributed by atoms with Crippen LogP contribution in [-0.2, 0) is 38.8 Å². The highest BCUT2D eigenvalue weighted by Crippen LogP contribution is 2.32. The molecule has 0 aliphatic carbocycles. The molecule has 0 spiro atoms. The second-order valence-electron chi connectivity index (χ2n) is 9.90. The van der Waals surface area contributed by atoms with Crippen molar-refractivity contribution in [2.45, 2.75) is 48.3 Å². The first-order valence-corrected chi connectivity index (χ1v) is 15.4. The average molecular weight is 680 g/mol. The van der Waals surface area contributed by atoms with Gasteiger partial charge in [0.1, 0.15) is 29.5 Å². The van der Waals surface area contributed by atoms with Crippen molar-refractivity contribution in [2.24, 2.45) is 0 Å². The Hall–Kier alpha value is -2.66. The van der Waals surface area contributed by atoms with E-state index >= 15 is 0 Å². The van der Waals surface area contributed by atoms with Crippen molar-refractivity contribution in [1.82, 2.24) is 5.32 Å². The molecule has 4 aromatic carbocycles. The van der Waals surface area contributed by atoms with Gasteiger partial charge in [-0.15, -0.1) is 0 Å². The molecule has 0 bridgehead atoms. The van der Waals surface area contributed by atoms with Gasteiger partial charge >= 0.3 is 0 Å². The number of halogens is 1. The summed E-state index contributed by atoms with van der Waals surface area (Å²) in [6, 6.07) is 40.4. The Morgan fingerprint density at radius 3 is 1.66 bits per heavy atom. The second kappa shape index (κ2) is 15.5. The molecule has 5 nitrogen and oxygen atoms in total. The first kappa shape index (κ1) is 29.8. The summed E-state index contributed by atoms with van der Waals surface area (Å²) >= 11 is 8.18. The molecule has 1 heterocycles. The maximum atomic E-state index is 6.68. The van der Waals surface area contributed by atoms with Crippen LogP contribution < -0.4 is 5.32 Å². The van der Waals surface area contributed by atoms with Gasteiger partial charge in [-0.3, -0.25) is 0 Å². The SMILES string of the molecule is S=C(N[C@H]1O[C@H](COCc2ccccc2)[C@@H](OCc2ccccc2)[C@H](OCc2ccccc2)[C@@H]1I)c1ccccc1. The number of ether oxygens (including phenoxy) is 4. The fraction of sp³-hybridized carbons (Fsp3) is 0.265. The van der Waals surface area contributed by atoms with Gasteiger partial charge in [-0.25, -0.2) is 0 Å². The van der Waals surface area contributed by atoms with E-state index in [0.29, 0.717) is 31.4 Å². The minimum Gasteiger partial charge on any atom is -0.374 e. The summed E-state index contributed by atoms with van der Waals surface area (Å²) < 4.78 is 26.0. The molecule has 1 N–H and O–H groups in total. The van der Waals surface area contributed by atoms with Gasteiger partial charge in [-0.05, 0) is 16.7 Å².